The second-order valence-corrected chi connectivity index (χ2v) is 6.30. The Kier molecular flexibility index (Phi) is 5.41. The van der Waals surface area contributed by atoms with E-state index < -0.39 is 5.54 Å². The number of rotatable bonds is 6. The van der Waals surface area contributed by atoms with E-state index in [2.05, 4.69) is 0 Å². The fourth-order valence-corrected chi connectivity index (χ4v) is 3.67. The Hall–Kier alpha value is -0.650. The van der Waals surface area contributed by atoms with Gasteiger partial charge in [-0.1, -0.05) is 6.42 Å². The molecule has 2 aliphatic carbocycles. The number of carbonyl (C=O) groups is 1. The highest BCUT2D eigenvalue weighted by molar-refractivity contribution is 5.85. The summed E-state index contributed by atoms with van der Waals surface area (Å²) >= 11 is 0. The summed E-state index contributed by atoms with van der Waals surface area (Å²) in [7, 11) is 1.77. The monoisotopic (exact) mass is 284 g/mol. The summed E-state index contributed by atoms with van der Waals surface area (Å²) in [4.78, 5) is 11.5. The van der Waals surface area contributed by atoms with Crippen LogP contribution in [0.1, 0.15) is 51.4 Å². The average molecular weight is 284 g/mol. The van der Waals surface area contributed by atoms with E-state index in [-0.39, 0.29) is 17.9 Å². The van der Waals surface area contributed by atoms with E-state index in [4.69, 9.17) is 20.9 Å². The molecule has 0 saturated heterocycles. The first-order chi connectivity index (χ1) is 9.56. The number of amides is 1. The average Bonchev–Trinajstić information content (AvgIpc) is 2.82. The molecule has 2 fully saturated rings. The minimum absolute atomic E-state index is 0.168. The summed E-state index contributed by atoms with van der Waals surface area (Å²) < 4.78 is 11.4. The molecular weight excluding hydrogens is 256 g/mol. The molecule has 2 aliphatic rings. The first-order valence-electron chi connectivity index (χ1n) is 7.79. The lowest BCUT2D eigenvalue weighted by Gasteiger charge is -2.30. The highest BCUT2D eigenvalue weighted by Crippen LogP contribution is 2.36. The molecular formula is C15H28N2O3. The zero-order chi connectivity index (χ0) is 14.6. The van der Waals surface area contributed by atoms with Crippen LogP contribution in [0.25, 0.3) is 0 Å². The van der Waals surface area contributed by atoms with Crippen molar-refractivity contribution in [3.8, 4) is 0 Å². The largest absolute Gasteiger partial charge is 0.381 e. The number of hydrogen-bond acceptors (Lipinski definition) is 4. The van der Waals surface area contributed by atoms with Crippen LogP contribution in [-0.2, 0) is 14.3 Å². The minimum atomic E-state index is -0.814. The Morgan fingerprint density at radius 3 is 2.70 bits per heavy atom. The minimum Gasteiger partial charge on any atom is -0.381 e. The van der Waals surface area contributed by atoms with Crippen LogP contribution in [-0.4, -0.2) is 37.4 Å². The zero-order valence-corrected chi connectivity index (χ0v) is 12.5. The summed E-state index contributed by atoms with van der Waals surface area (Å²) in [6, 6.07) is 0. The third-order valence-corrected chi connectivity index (χ3v) is 5.06. The second kappa shape index (κ2) is 6.87. The fourth-order valence-electron chi connectivity index (χ4n) is 3.67. The molecule has 0 radical (unpaired) electrons. The van der Waals surface area contributed by atoms with Gasteiger partial charge in [-0.25, -0.2) is 0 Å². The van der Waals surface area contributed by atoms with Crippen LogP contribution in [0.5, 0.6) is 0 Å². The Morgan fingerprint density at radius 1 is 1.25 bits per heavy atom. The lowest BCUT2D eigenvalue weighted by atomic mass is 9.85. The van der Waals surface area contributed by atoms with Crippen LogP contribution in [0.15, 0.2) is 0 Å². The molecule has 5 heteroatoms. The Bertz CT molecular complexity index is 337. The smallest absolute Gasteiger partial charge is 0.237 e. The van der Waals surface area contributed by atoms with Gasteiger partial charge >= 0.3 is 0 Å². The standard InChI is InChI=1S/C15H28N2O3/c1-19-12-5-2-6-13(10-12)20-9-7-11-4-3-8-15(11,17)14(16)18/h11-13H,2-10,17H2,1H3,(H2,16,18). The van der Waals surface area contributed by atoms with Gasteiger partial charge in [-0.15, -0.1) is 0 Å². The second-order valence-electron chi connectivity index (χ2n) is 6.30. The molecule has 0 aliphatic heterocycles. The first kappa shape index (κ1) is 15.7. The number of carbonyl (C=O) groups excluding carboxylic acids is 1. The maximum Gasteiger partial charge on any atom is 0.237 e. The Labute approximate surface area is 121 Å². The molecule has 116 valence electrons. The number of ether oxygens (including phenoxy) is 2. The Morgan fingerprint density at radius 2 is 2.00 bits per heavy atom. The molecule has 4 N–H and O–H groups in total. The van der Waals surface area contributed by atoms with E-state index >= 15 is 0 Å². The molecule has 1 amide bonds. The summed E-state index contributed by atoms with van der Waals surface area (Å²) in [5, 5.41) is 0. The lowest BCUT2D eigenvalue weighted by molar-refractivity contribution is -0.124. The van der Waals surface area contributed by atoms with Gasteiger partial charge in [-0.2, -0.15) is 0 Å². The topological polar surface area (TPSA) is 87.6 Å². The van der Waals surface area contributed by atoms with Crippen LogP contribution in [0, 0.1) is 5.92 Å². The molecule has 20 heavy (non-hydrogen) atoms. The summed E-state index contributed by atoms with van der Waals surface area (Å²) in [6.45, 7) is 0.665. The van der Waals surface area contributed by atoms with Crippen LogP contribution in [0.2, 0.25) is 0 Å². The van der Waals surface area contributed by atoms with Crippen molar-refractivity contribution in [2.24, 2.45) is 17.4 Å². The molecule has 2 rings (SSSR count). The van der Waals surface area contributed by atoms with E-state index in [9.17, 15) is 4.79 Å². The van der Waals surface area contributed by atoms with Crippen LogP contribution in [0.3, 0.4) is 0 Å². The molecule has 0 aromatic rings. The summed E-state index contributed by atoms with van der Waals surface area (Å²) in [6.07, 6.45) is 8.50. The van der Waals surface area contributed by atoms with Crippen molar-refractivity contribution in [2.75, 3.05) is 13.7 Å². The predicted octanol–water partition coefficient (Wildman–Crippen LogP) is 1.33. The highest BCUT2D eigenvalue weighted by Gasteiger charge is 2.44. The molecule has 0 heterocycles. The Balaban J connectivity index is 1.74. The highest BCUT2D eigenvalue weighted by atomic mass is 16.5. The third-order valence-electron chi connectivity index (χ3n) is 5.06. The predicted molar refractivity (Wildman–Crippen MR) is 77.1 cm³/mol. The van der Waals surface area contributed by atoms with Crippen molar-refractivity contribution in [3.05, 3.63) is 0 Å². The van der Waals surface area contributed by atoms with Crippen molar-refractivity contribution >= 4 is 5.91 Å². The van der Waals surface area contributed by atoms with Crippen molar-refractivity contribution in [1.82, 2.24) is 0 Å². The van der Waals surface area contributed by atoms with Gasteiger partial charge in [0.05, 0.1) is 17.7 Å². The molecule has 0 spiro atoms. The number of primary amides is 1. The van der Waals surface area contributed by atoms with Crippen molar-refractivity contribution in [2.45, 2.75) is 69.1 Å². The first-order valence-corrected chi connectivity index (χ1v) is 7.79. The maximum atomic E-state index is 11.5. The molecule has 0 aromatic carbocycles. The van der Waals surface area contributed by atoms with Gasteiger partial charge in [0, 0.05) is 13.7 Å². The third kappa shape index (κ3) is 3.51. The van der Waals surface area contributed by atoms with Gasteiger partial charge in [0.25, 0.3) is 0 Å². The molecule has 4 unspecified atom stereocenters. The van der Waals surface area contributed by atoms with E-state index in [1.807, 2.05) is 0 Å². The quantitative estimate of drug-likeness (QED) is 0.770. The van der Waals surface area contributed by atoms with Gasteiger partial charge in [-0.05, 0) is 50.9 Å². The van der Waals surface area contributed by atoms with Gasteiger partial charge in [-0.3, -0.25) is 4.79 Å². The van der Waals surface area contributed by atoms with Crippen LogP contribution >= 0.6 is 0 Å². The van der Waals surface area contributed by atoms with Gasteiger partial charge in [0.2, 0.25) is 5.91 Å². The summed E-state index contributed by atoms with van der Waals surface area (Å²) in [5.74, 6) is -0.195. The molecule has 4 atom stereocenters. The van der Waals surface area contributed by atoms with Crippen molar-refractivity contribution in [3.63, 3.8) is 0 Å². The van der Waals surface area contributed by atoms with Gasteiger partial charge < -0.3 is 20.9 Å². The molecule has 0 aromatic heterocycles. The SMILES string of the molecule is COC1CCCC(OCCC2CCCC2(N)C(N)=O)C1. The molecule has 5 nitrogen and oxygen atoms in total. The lowest BCUT2D eigenvalue weighted by Crippen LogP contribution is -2.54. The summed E-state index contributed by atoms with van der Waals surface area (Å²) in [5.41, 5.74) is 10.8. The van der Waals surface area contributed by atoms with Crippen LogP contribution in [0.4, 0.5) is 0 Å². The normalized spacial score (nSPS) is 38.0. The van der Waals surface area contributed by atoms with Crippen molar-refractivity contribution < 1.29 is 14.3 Å². The number of hydrogen-bond donors (Lipinski definition) is 2. The van der Waals surface area contributed by atoms with Crippen molar-refractivity contribution in [1.29, 1.82) is 0 Å². The van der Waals surface area contributed by atoms with E-state index in [0.29, 0.717) is 19.1 Å². The van der Waals surface area contributed by atoms with E-state index in [1.54, 1.807) is 7.11 Å². The van der Waals surface area contributed by atoms with Gasteiger partial charge in [0.15, 0.2) is 0 Å². The number of methoxy groups -OCH3 is 1. The van der Waals surface area contributed by atoms with Gasteiger partial charge in [0.1, 0.15) is 0 Å². The molecule has 2 saturated carbocycles. The molecule has 0 bridgehead atoms. The number of nitrogens with two attached hydrogens (primary N) is 2. The van der Waals surface area contributed by atoms with E-state index in [1.165, 1.54) is 0 Å². The van der Waals surface area contributed by atoms with E-state index in [0.717, 1.165) is 44.9 Å². The maximum absolute atomic E-state index is 11.5. The fraction of sp³-hybridized carbons (Fsp3) is 0.933. The zero-order valence-electron chi connectivity index (χ0n) is 12.5. The van der Waals surface area contributed by atoms with Crippen LogP contribution < -0.4 is 11.5 Å².